The molecular weight excluding hydrogens is 500 g/mol. The van der Waals surface area contributed by atoms with Crippen molar-refractivity contribution in [1.29, 1.82) is 0 Å². The number of unbranched alkanes of at least 4 members (excludes halogenated alkanes) is 13. The number of esters is 2. The molecule has 40 heavy (non-hydrogen) atoms. The fourth-order valence-corrected chi connectivity index (χ4v) is 4.78. The molecule has 0 saturated carbocycles. The maximum absolute atomic E-state index is 12.2. The summed E-state index contributed by atoms with van der Waals surface area (Å²) in [7, 11) is 0. The van der Waals surface area contributed by atoms with Gasteiger partial charge in [0.15, 0.2) is 0 Å². The maximum atomic E-state index is 12.2. The molecule has 0 aromatic heterocycles. The first-order valence-electron chi connectivity index (χ1n) is 16.6. The van der Waals surface area contributed by atoms with Gasteiger partial charge in [0.05, 0.1) is 6.42 Å². The zero-order chi connectivity index (χ0) is 29.7. The number of hydrogen-bond acceptors (Lipinski definition) is 5. The molecule has 0 saturated heterocycles. The van der Waals surface area contributed by atoms with Gasteiger partial charge in [-0.15, -0.1) is 6.58 Å². The number of hydrogen-bond donors (Lipinski definition) is 0. The molecule has 5 heteroatoms. The SMILES string of the molecule is C=CCC(CCCCCC)OC(=O)CCCCCCCCC/C=C/CC(CCCCCC)OC(=O)CCC(C)=O. The van der Waals surface area contributed by atoms with Gasteiger partial charge in [0.1, 0.15) is 18.0 Å². The lowest BCUT2D eigenvalue weighted by Gasteiger charge is -2.16. The molecule has 0 spiro atoms. The predicted octanol–water partition coefficient (Wildman–Crippen LogP) is 10.2. The van der Waals surface area contributed by atoms with Crippen molar-refractivity contribution in [2.45, 2.75) is 181 Å². The highest BCUT2D eigenvalue weighted by Crippen LogP contribution is 2.16. The van der Waals surface area contributed by atoms with E-state index in [-0.39, 0.29) is 42.8 Å². The molecule has 232 valence electrons. The summed E-state index contributed by atoms with van der Waals surface area (Å²) in [5, 5.41) is 0. The maximum Gasteiger partial charge on any atom is 0.306 e. The molecule has 2 atom stereocenters. The molecule has 0 aliphatic carbocycles. The third-order valence-electron chi connectivity index (χ3n) is 7.28. The van der Waals surface area contributed by atoms with Crippen molar-refractivity contribution in [3.63, 3.8) is 0 Å². The Morgan fingerprint density at radius 2 is 1.10 bits per heavy atom. The molecule has 0 amide bonds. The Kier molecular flexibility index (Phi) is 27.2. The Morgan fingerprint density at radius 1 is 0.600 bits per heavy atom. The van der Waals surface area contributed by atoms with E-state index < -0.39 is 0 Å². The van der Waals surface area contributed by atoms with E-state index in [1.807, 2.05) is 6.08 Å². The molecule has 2 unspecified atom stereocenters. The van der Waals surface area contributed by atoms with Crippen LogP contribution in [0.1, 0.15) is 168 Å². The summed E-state index contributed by atoms with van der Waals surface area (Å²) in [6.07, 6.45) is 29.0. The molecule has 0 aromatic carbocycles. The highest BCUT2D eigenvalue weighted by Gasteiger charge is 2.14. The fraction of sp³-hybridized carbons (Fsp3) is 0.800. The van der Waals surface area contributed by atoms with Gasteiger partial charge in [-0.25, -0.2) is 0 Å². The Balaban J connectivity index is 3.94. The van der Waals surface area contributed by atoms with E-state index in [0.29, 0.717) is 6.42 Å². The molecule has 0 N–H and O–H groups in total. The van der Waals surface area contributed by atoms with Gasteiger partial charge in [-0.2, -0.15) is 0 Å². The number of ketones is 1. The summed E-state index contributed by atoms with van der Waals surface area (Å²) in [4.78, 5) is 35.4. The van der Waals surface area contributed by atoms with E-state index in [1.165, 1.54) is 77.6 Å². The minimum atomic E-state index is -0.254. The second-order valence-corrected chi connectivity index (χ2v) is 11.4. The molecule has 0 aromatic rings. The smallest absolute Gasteiger partial charge is 0.306 e. The van der Waals surface area contributed by atoms with Crippen LogP contribution in [0, 0.1) is 0 Å². The lowest BCUT2D eigenvalue weighted by Crippen LogP contribution is -2.18. The van der Waals surface area contributed by atoms with Gasteiger partial charge < -0.3 is 14.3 Å². The zero-order valence-electron chi connectivity index (χ0n) is 26.4. The second kappa shape index (κ2) is 28.6. The minimum Gasteiger partial charge on any atom is -0.462 e. The van der Waals surface area contributed by atoms with Gasteiger partial charge in [-0.3, -0.25) is 9.59 Å². The number of Topliss-reactive ketones (excluding diaryl/α,β-unsaturated/α-hetero) is 1. The molecule has 0 rings (SSSR count). The third kappa shape index (κ3) is 26.3. The van der Waals surface area contributed by atoms with E-state index in [0.717, 1.165) is 57.8 Å². The van der Waals surface area contributed by atoms with Crippen LogP contribution in [0.5, 0.6) is 0 Å². The van der Waals surface area contributed by atoms with Crippen LogP contribution in [0.15, 0.2) is 24.8 Å². The number of rotatable bonds is 29. The van der Waals surface area contributed by atoms with Crippen molar-refractivity contribution in [2.75, 3.05) is 0 Å². The first-order valence-corrected chi connectivity index (χ1v) is 16.6. The summed E-state index contributed by atoms with van der Waals surface area (Å²) in [6.45, 7) is 9.71. The van der Waals surface area contributed by atoms with Crippen molar-refractivity contribution in [3.05, 3.63) is 24.8 Å². The van der Waals surface area contributed by atoms with Gasteiger partial charge in [0, 0.05) is 25.7 Å². The Labute approximate surface area is 246 Å². The van der Waals surface area contributed by atoms with Crippen LogP contribution in [0.4, 0.5) is 0 Å². The normalized spacial score (nSPS) is 12.8. The monoisotopic (exact) mass is 562 g/mol. The zero-order valence-corrected chi connectivity index (χ0v) is 26.4. The van der Waals surface area contributed by atoms with Crippen LogP contribution in [-0.4, -0.2) is 29.9 Å². The molecule has 0 heterocycles. The van der Waals surface area contributed by atoms with E-state index in [4.69, 9.17) is 9.47 Å². The van der Waals surface area contributed by atoms with Crippen LogP contribution in [0.3, 0.4) is 0 Å². The number of allylic oxidation sites excluding steroid dienone is 1. The largest absolute Gasteiger partial charge is 0.462 e. The van der Waals surface area contributed by atoms with Gasteiger partial charge in [0.25, 0.3) is 0 Å². The van der Waals surface area contributed by atoms with E-state index in [9.17, 15) is 14.4 Å². The molecule has 0 radical (unpaired) electrons. The Hall–Kier alpha value is -1.91. The van der Waals surface area contributed by atoms with Crippen LogP contribution < -0.4 is 0 Å². The third-order valence-corrected chi connectivity index (χ3v) is 7.28. The van der Waals surface area contributed by atoms with E-state index in [2.05, 4.69) is 32.6 Å². The van der Waals surface area contributed by atoms with Crippen molar-refractivity contribution < 1.29 is 23.9 Å². The lowest BCUT2D eigenvalue weighted by atomic mass is 10.0. The molecule has 0 aliphatic rings. The van der Waals surface area contributed by atoms with Gasteiger partial charge in [-0.1, -0.05) is 103 Å². The summed E-state index contributed by atoms with van der Waals surface area (Å²) in [5.41, 5.74) is 0. The highest BCUT2D eigenvalue weighted by molar-refractivity contribution is 5.81. The second-order valence-electron chi connectivity index (χ2n) is 11.4. The van der Waals surface area contributed by atoms with Crippen LogP contribution in [-0.2, 0) is 23.9 Å². The number of ether oxygens (including phenoxy) is 2. The summed E-state index contributed by atoms with van der Waals surface area (Å²) < 4.78 is 11.4. The van der Waals surface area contributed by atoms with Crippen molar-refractivity contribution >= 4 is 17.7 Å². The number of carbonyl (C=O) groups is 3. The summed E-state index contributed by atoms with van der Waals surface area (Å²) >= 11 is 0. The van der Waals surface area contributed by atoms with Gasteiger partial charge in [-0.05, 0) is 51.9 Å². The molecule has 0 aliphatic heterocycles. The van der Waals surface area contributed by atoms with Crippen LogP contribution in [0.25, 0.3) is 0 Å². The topological polar surface area (TPSA) is 69.7 Å². The summed E-state index contributed by atoms with van der Waals surface area (Å²) in [6, 6.07) is 0. The first kappa shape index (κ1) is 38.1. The van der Waals surface area contributed by atoms with Crippen molar-refractivity contribution in [3.8, 4) is 0 Å². The Morgan fingerprint density at radius 3 is 1.65 bits per heavy atom. The van der Waals surface area contributed by atoms with E-state index >= 15 is 0 Å². The van der Waals surface area contributed by atoms with Crippen molar-refractivity contribution in [1.82, 2.24) is 0 Å². The van der Waals surface area contributed by atoms with Crippen LogP contribution in [0.2, 0.25) is 0 Å². The molecule has 0 bridgehead atoms. The average Bonchev–Trinajstić information content (AvgIpc) is 2.92. The standard InChI is InChI=1S/C35H62O5/c1-5-8-10-20-25-32(24-7-3)39-34(37)28-23-19-17-15-13-12-14-16-18-22-27-33(26-21-11-9-6-2)40-35(38)30-29-31(4)36/h7,18,22,32-33H,3,5-6,8-17,19-21,23-30H2,1-2,4H3/b22-18+. The van der Waals surface area contributed by atoms with Crippen molar-refractivity contribution in [2.24, 2.45) is 0 Å². The molecule has 0 fully saturated rings. The lowest BCUT2D eigenvalue weighted by molar-refractivity contribution is -0.150. The molecule has 5 nitrogen and oxygen atoms in total. The fourth-order valence-electron chi connectivity index (χ4n) is 4.78. The summed E-state index contributed by atoms with van der Waals surface area (Å²) in [5.74, 6) is -0.281. The highest BCUT2D eigenvalue weighted by atomic mass is 16.5. The number of carbonyl (C=O) groups excluding carboxylic acids is 3. The Bertz CT molecular complexity index is 669. The average molecular weight is 563 g/mol. The van der Waals surface area contributed by atoms with E-state index in [1.54, 1.807) is 0 Å². The molecular formula is C35H62O5. The van der Waals surface area contributed by atoms with Gasteiger partial charge >= 0.3 is 11.9 Å². The van der Waals surface area contributed by atoms with Crippen LogP contribution >= 0.6 is 0 Å². The minimum absolute atomic E-state index is 0.000320. The predicted molar refractivity (Wildman–Crippen MR) is 167 cm³/mol. The quantitative estimate of drug-likeness (QED) is 0.0515. The first-order chi connectivity index (χ1) is 19.4. The van der Waals surface area contributed by atoms with Gasteiger partial charge in [0.2, 0.25) is 0 Å².